The molecular formula is C8H16O2. The Morgan fingerprint density at radius 3 is 2.40 bits per heavy atom. The molecule has 0 atom stereocenters. The van der Waals surface area contributed by atoms with Crippen molar-refractivity contribution in [2.45, 2.75) is 20.8 Å². The van der Waals surface area contributed by atoms with Gasteiger partial charge in [0.2, 0.25) is 0 Å². The molecule has 10 heavy (non-hydrogen) atoms. The lowest BCUT2D eigenvalue weighted by Crippen LogP contribution is -2.02. The smallest absolute Gasteiger partial charge is 0.160 e. The van der Waals surface area contributed by atoms with Crippen LogP contribution in [0.25, 0.3) is 0 Å². The van der Waals surface area contributed by atoms with Crippen LogP contribution in [-0.2, 0) is 9.53 Å². The summed E-state index contributed by atoms with van der Waals surface area (Å²) in [5, 5.41) is 0. The van der Waals surface area contributed by atoms with Crippen LogP contribution in [0.3, 0.4) is 0 Å². The maximum atomic E-state index is 10.7. The zero-order valence-corrected chi connectivity index (χ0v) is 5.94. The Kier molecular flexibility index (Phi) is 7.84. The summed E-state index contributed by atoms with van der Waals surface area (Å²) in [5.74, 6) is 0.0804. The molecule has 0 aromatic rings. The fourth-order valence-corrected chi connectivity index (χ4v) is 0.408. The zero-order chi connectivity index (χ0) is 7.28. The number of hydrogen-bond acceptors (Lipinski definition) is 2. The summed E-state index contributed by atoms with van der Waals surface area (Å²) in [6, 6.07) is 0. The Balaban J connectivity index is 0. The summed E-state index contributed by atoms with van der Waals surface area (Å²) in [7, 11) is 1.58. The van der Waals surface area contributed by atoms with Crippen molar-refractivity contribution in [3.8, 4) is 0 Å². The Hall–Kier alpha value is -0.630. The van der Waals surface area contributed by atoms with Gasteiger partial charge in [0.25, 0.3) is 0 Å². The first-order valence-corrected chi connectivity index (χ1v) is 2.86. The molecule has 0 amide bonds. The van der Waals surface area contributed by atoms with Gasteiger partial charge < -0.3 is 4.74 Å². The predicted molar refractivity (Wildman–Crippen MR) is 43.0 cm³/mol. The van der Waals surface area contributed by atoms with E-state index < -0.39 is 0 Å². The first kappa shape index (κ1) is 12.1. The largest absolute Gasteiger partial charge is 0.384 e. The Labute approximate surface area is 62.9 Å². The highest BCUT2D eigenvalue weighted by atomic mass is 16.5. The minimum atomic E-state index is 0. The van der Waals surface area contributed by atoms with Crippen molar-refractivity contribution in [2.75, 3.05) is 13.7 Å². The lowest BCUT2D eigenvalue weighted by molar-refractivity contribution is -0.116. The molecule has 0 aliphatic carbocycles. The zero-order valence-electron chi connectivity index (χ0n) is 5.94. The molecule has 0 aromatic carbocycles. The Morgan fingerprint density at radius 1 is 1.60 bits per heavy atom. The van der Waals surface area contributed by atoms with E-state index in [0.717, 1.165) is 0 Å². The lowest BCUT2D eigenvalue weighted by Gasteiger charge is -1.95. The lowest BCUT2D eigenvalue weighted by atomic mass is 10.2. The number of Topliss-reactive ketones (excluding diaryl/α,β-unsaturated/α-hetero) is 1. The normalized spacial score (nSPS) is 8.20. The Bertz CT molecular complexity index is 116. The summed E-state index contributed by atoms with van der Waals surface area (Å²) < 4.78 is 4.70. The molecule has 2 nitrogen and oxygen atoms in total. The molecule has 60 valence electrons. The number of hydrogen-bond donors (Lipinski definition) is 0. The summed E-state index contributed by atoms with van der Waals surface area (Å²) in [5.41, 5.74) is 0.604. The Morgan fingerprint density at radius 2 is 2.10 bits per heavy atom. The van der Waals surface area contributed by atoms with E-state index in [0.29, 0.717) is 18.6 Å². The molecule has 0 aliphatic rings. The molecule has 0 fully saturated rings. The molecule has 0 saturated carbocycles. The monoisotopic (exact) mass is 144 g/mol. The van der Waals surface area contributed by atoms with Crippen molar-refractivity contribution in [3.05, 3.63) is 12.2 Å². The van der Waals surface area contributed by atoms with Crippen molar-refractivity contribution in [2.24, 2.45) is 0 Å². The second-order valence-electron chi connectivity index (χ2n) is 1.95. The third kappa shape index (κ3) is 5.51. The van der Waals surface area contributed by atoms with Crippen molar-refractivity contribution >= 4 is 5.78 Å². The number of rotatable bonds is 4. The van der Waals surface area contributed by atoms with Crippen LogP contribution < -0.4 is 0 Å². The van der Waals surface area contributed by atoms with Gasteiger partial charge in [-0.05, 0) is 12.5 Å². The van der Waals surface area contributed by atoms with Crippen molar-refractivity contribution in [3.63, 3.8) is 0 Å². The number of carbonyl (C=O) groups is 1. The van der Waals surface area contributed by atoms with Crippen LogP contribution in [0.4, 0.5) is 0 Å². The van der Waals surface area contributed by atoms with Gasteiger partial charge in [-0.2, -0.15) is 0 Å². The van der Waals surface area contributed by atoms with E-state index in [1.807, 2.05) is 0 Å². The van der Waals surface area contributed by atoms with Crippen LogP contribution in [0.2, 0.25) is 0 Å². The molecule has 0 spiro atoms. The van der Waals surface area contributed by atoms with Crippen LogP contribution in [0.1, 0.15) is 20.8 Å². The molecule has 0 bridgehead atoms. The van der Waals surface area contributed by atoms with E-state index in [1.54, 1.807) is 14.0 Å². The average Bonchev–Trinajstić information content (AvgIpc) is 1.82. The van der Waals surface area contributed by atoms with E-state index in [2.05, 4.69) is 6.58 Å². The van der Waals surface area contributed by atoms with E-state index in [-0.39, 0.29) is 13.2 Å². The fraction of sp³-hybridized carbons (Fsp3) is 0.625. The van der Waals surface area contributed by atoms with Gasteiger partial charge in [-0.3, -0.25) is 4.79 Å². The van der Waals surface area contributed by atoms with Gasteiger partial charge >= 0.3 is 0 Å². The second-order valence-corrected chi connectivity index (χ2v) is 1.95. The third-order valence-electron chi connectivity index (χ3n) is 1.01. The molecule has 0 saturated heterocycles. The highest BCUT2D eigenvalue weighted by Crippen LogP contribution is 1.94. The van der Waals surface area contributed by atoms with E-state index in [1.165, 1.54) is 0 Å². The van der Waals surface area contributed by atoms with Crippen LogP contribution in [-0.4, -0.2) is 19.5 Å². The summed E-state index contributed by atoms with van der Waals surface area (Å²) in [6.07, 6.45) is 0.450. The van der Waals surface area contributed by atoms with E-state index in [4.69, 9.17) is 4.74 Å². The van der Waals surface area contributed by atoms with E-state index in [9.17, 15) is 4.79 Å². The third-order valence-corrected chi connectivity index (χ3v) is 1.01. The first-order chi connectivity index (χ1) is 4.18. The standard InChI is InChI=1S/C7H12O2.CH4/c1-6(2)7(8)4-5-9-3;/h1,4-5H2,2-3H3;1H4. The van der Waals surface area contributed by atoms with Crippen LogP contribution in [0.5, 0.6) is 0 Å². The molecular weight excluding hydrogens is 128 g/mol. The van der Waals surface area contributed by atoms with Crippen LogP contribution in [0, 0.1) is 0 Å². The SMILES string of the molecule is C.C=C(C)C(=O)CCOC. The number of methoxy groups -OCH3 is 1. The minimum absolute atomic E-state index is 0. The molecule has 0 radical (unpaired) electrons. The highest BCUT2D eigenvalue weighted by molar-refractivity contribution is 5.94. The summed E-state index contributed by atoms with van der Waals surface area (Å²) in [4.78, 5) is 10.7. The molecule has 0 aliphatic heterocycles. The second kappa shape index (κ2) is 6.49. The highest BCUT2D eigenvalue weighted by Gasteiger charge is 1.99. The molecule has 2 heteroatoms. The maximum absolute atomic E-state index is 10.7. The number of allylic oxidation sites excluding steroid dienone is 1. The quantitative estimate of drug-likeness (QED) is 0.562. The molecule has 0 N–H and O–H groups in total. The van der Waals surface area contributed by atoms with Crippen LogP contribution in [0.15, 0.2) is 12.2 Å². The molecule has 0 unspecified atom stereocenters. The van der Waals surface area contributed by atoms with Gasteiger partial charge in [0.05, 0.1) is 6.61 Å². The number of ketones is 1. The number of ether oxygens (including phenoxy) is 1. The van der Waals surface area contributed by atoms with Crippen molar-refractivity contribution < 1.29 is 9.53 Å². The van der Waals surface area contributed by atoms with E-state index >= 15 is 0 Å². The van der Waals surface area contributed by atoms with Gasteiger partial charge in [0.1, 0.15) is 0 Å². The minimum Gasteiger partial charge on any atom is -0.384 e. The van der Waals surface area contributed by atoms with Crippen molar-refractivity contribution in [1.29, 1.82) is 0 Å². The van der Waals surface area contributed by atoms with Gasteiger partial charge in [0, 0.05) is 13.5 Å². The average molecular weight is 144 g/mol. The molecule has 0 rings (SSSR count). The first-order valence-electron chi connectivity index (χ1n) is 2.86. The molecule has 0 heterocycles. The van der Waals surface area contributed by atoms with Gasteiger partial charge in [-0.15, -0.1) is 0 Å². The summed E-state index contributed by atoms with van der Waals surface area (Å²) >= 11 is 0. The summed E-state index contributed by atoms with van der Waals surface area (Å²) in [6.45, 7) is 5.70. The van der Waals surface area contributed by atoms with Gasteiger partial charge in [-0.25, -0.2) is 0 Å². The maximum Gasteiger partial charge on any atom is 0.160 e. The van der Waals surface area contributed by atoms with Gasteiger partial charge in [0.15, 0.2) is 5.78 Å². The fourth-order valence-electron chi connectivity index (χ4n) is 0.408. The van der Waals surface area contributed by atoms with Crippen LogP contribution >= 0.6 is 0 Å². The topological polar surface area (TPSA) is 26.3 Å². The van der Waals surface area contributed by atoms with Crippen molar-refractivity contribution in [1.82, 2.24) is 0 Å². The predicted octanol–water partition coefficient (Wildman–Crippen LogP) is 1.80. The van der Waals surface area contributed by atoms with Gasteiger partial charge in [-0.1, -0.05) is 14.0 Å². The number of carbonyl (C=O) groups excluding carboxylic acids is 1. The molecule has 0 aromatic heterocycles.